The third-order valence-electron chi connectivity index (χ3n) is 3.95. The van der Waals surface area contributed by atoms with Crippen LogP contribution in [-0.2, 0) is 20.6 Å². The van der Waals surface area contributed by atoms with Crippen LogP contribution >= 0.6 is 11.8 Å². The number of carbonyl (C=O) groups is 1. The fourth-order valence-corrected chi connectivity index (χ4v) is 3.83. The first-order valence-corrected chi connectivity index (χ1v) is 11.5. The number of rotatable bonds is 11. The quantitative estimate of drug-likeness (QED) is 0.267. The number of nitrogens with one attached hydrogen (secondary N) is 2. The number of primary sulfonamides is 1. The molecular weight excluding hydrogens is 435 g/mol. The van der Waals surface area contributed by atoms with Gasteiger partial charge in [-0.25, -0.2) is 17.9 Å². The van der Waals surface area contributed by atoms with E-state index in [2.05, 4.69) is 10.6 Å². The van der Waals surface area contributed by atoms with E-state index in [0.717, 1.165) is 12.1 Å². The summed E-state index contributed by atoms with van der Waals surface area (Å²) >= 11 is 1.49. The highest BCUT2D eigenvalue weighted by Gasteiger charge is 2.19. The van der Waals surface area contributed by atoms with Gasteiger partial charge in [-0.3, -0.25) is 14.9 Å². The molecule has 0 aliphatic rings. The molecule has 0 bridgehead atoms. The van der Waals surface area contributed by atoms with Gasteiger partial charge in [0.1, 0.15) is 11.5 Å². The summed E-state index contributed by atoms with van der Waals surface area (Å²) in [6, 6.07) is 9.75. The van der Waals surface area contributed by atoms with Crippen LogP contribution in [0.1, 0.15) is 12.0 Å². The normalized spacial score (nSPS) is 11.1. The zero-order chi connectivity index (χ0) is 22.1. The van der Waals surface area contributed by atoms with Crippen molar-refractivity contribution in [3.05, 3.63) is 64.0 Å². The maximum Gasteiger partial charge on any atom is 0.293 e. The van der Waals surface area contributed by atoms with Crippen molar-refractivity contribution >= 4 is 39.1 Å². The lowest BCUT2D eigenvalue weighted by Gasteiger charge is -2.09. The number of halogens is 1. The molecule has 4 N–H and O–H groups in total. The lowest BCUT2D eigenvalue weighted by molar-refractivity contribution is -0.384. The van der Waals surface area contributed by atoms with Crippen LogP contribution in [0.4, 0.5) is 15.8 Å². The Labute approximate surface area is 177 Å². The van der Waals surface area contributed by atoms with Gasteiger partial charge in [0, 0.05) is 37.1 Å². The molecule has 0 heterocycles. The van der Waals surface area contributed by atoms with Crippen molar-refractivity contribution in [1.29, 1.82) is 0 Å². The van der Waals surface area contributed by atoms with Gasteiger partial charge in [0.2, 0.25) is 15.9 Å². The van der Waals surface area contributed by atoms with Gasteiger partial charge < -0.3 is 10.6 Å². The fourth-order valence-electron chi connectivity index (χ4n) is 2.45. The van der Waals surface area contributed by atoms with Crippen LogP contribution in [-0.4, -0.2) is 38.1 Å². The van der Waals surface area contributed by atoms with Gasteiger partial charge in [-0.05, 0) is 23.8 Å². The molecule has 0 saturated carbocycles. The minimum absolute atomic E-state index is 0.0616. The molecule has 12 heteroatoms. The number of nitro groups is 1. The van der Waals surface area contributed by atoms with Crippen molar-refractivity contribution in [2.24, 2.45) is 5.14 Å². The Hall–Kier alpha value is -2.70. The number of sulfonamides is 1. The maximum absolute atomic E-state index is 13.5. The number of hydrogen-bond acceptors (Lipinski definition) is 7. The van der Waals surface area contributed by atoms with Crippen LogP contribution in [0.15, 0.2) is 47.4 Å². The van der Waals surface area contributed by atoms with E-state index in [9.17, 15) is 27.7 Å². The number of thioether (sulfide) groups is 1. The summed E-state index contributed by atoms with van der Waals surface area (Å²) < 4.78 is 36.2. The summed E-state index contributed by atoms with van der Waals surface area (Å²) in [4.78, 5) is 21.9. The predicted molar refractivity (Wildman–Crippen MR) is 113 cm³/mol. The highest BCUT2D eigenvalue weighted by Crippen LogP contribution is 2.27. The number of carbonyl (C=O) groups excluding carboxylic acids is 1. The molecule has 0 unspecified atom stereocenters. The van der Waals surface area contributed by atoms with Crippen molar-refractivity contribution in [2.75, 3.05) is 24.2 Å². The van der Waals surface area contributed by atoms with Crippen LogP contribution in [0.3, 0.4) is 0 Å². The van der Waals surface area contributed by atoms with E-state index in [0.29, 0.717) is 23.6 Å². The lowest BCUT2D eigenvalue weighted by Crippen LogP contribution is -2.27. The van der Waals surface area contributed by atoms with Crippen molar-refractivity contribution in [3.8, 4) is 0 Å². The Kier molecular flexibility index (Phi) is 8.57. The second-order valence-corrected chi connectivity index (χ2v) is 8.82. The zero-order valence-corrected chi connectivity index (χ0v) is 17.5. The number of nitro benzene ring substituents is 1. The van der Waals surface area contributed by atoms with Gasteiger partial charge in [0.05, 0.1) is 9.82 Å². The third-order valence-corrected chi connectivity index (χ3v) is 5.86. The summed E-state index contributed by atoms with van der Waals surface area (Å²) in [7, 11) is -4.06. The molecular formula is C18H21FN4O5S2. The number of anilines is 1. The van der Waals surface area contributed by atoms with E-state index in [1.807, 2.05) is 0 Å². The van der Waals surface area contributed by atoms with Crippen molar-refractivity contribution in [3.63, 3.8) is 0 Å². The standard InChI is InChI=1S/C18H21FN4O5S2/c19-15-4-2-1-3-13(15)12-29-10-9-22-18(24)7-8-21-16-6-5-14(30(20,27)28)11-17(16)23(25)26/h1-6,11,21H,7-10,12H2,(H,22,24)(H2,20,27,28). The van der Waals surface area contributed by atoms with Crippen LogP contribution in [0, 0.1) is 15.9 Å². The molecule has 2 rings (SSSR count). The van der Waals surface area contributed by atoms with Gasteiger partial charge in [-0.15, -0.1) is 0 Å². The largest absolute Gasteiger partial charge is 0.379 e. The predicted octanol–water partition coefficient (Wildman–Crippen LogP) is 2.23. The SMILES string of the molecule is NS(=O)(=O)c1ccc(NCCC(=O)NCCSCc2ccccc2F)c([N+](=O)[O-])c1. The third kappa shape index (κ3) is 7.28. The van der Waals surface area contributed by atoms with Crippen LogP contribution in [0.25, 0.3) is 0 Å². The molecule has 0 radical (unpaired) electrons. The molecule has 2 aromatic rings. The van der Waals surface area contributed by atoms with Crippen molar-refractivity contribution < 1.29 is 22.5 Å². The molecule has 0 aliphatic carbocycles. The lowest BCUT2D eigenvalue weighted by atomic mass is 10.2. The molecule has 0 spiro atoms. The molecule has 0 atom stereocenters. The summed E-state index contributed by atoms with van der Waals surface area (Å²) in [6.45, 7) is 0.519. The average molecular weight is 457 g/mol. The average Bonchev–Trinajstić information content (AvgIpc) is 2.68. The maximum atomic E-state index is 13.5. The smallest absolute Gasteiger partial charge is 0.293 e. The minimum atomic E-state index is -4.06. The molecule has 1 amide bonds. The Morgan fingerprint density at radius 3 is 2.60 bits per heavy atom. The van der Waals surface area contributed by atoms with Crippen molar-refractivity contribution in [2.45, 2.75) is 17.1 Å². The molecule has 0 aromatic heterocycles. The Balaban J connectivity index is 1.74. The molecule has 0 aliphatic heterocycles. The number of benzene rings is 2. The monoisotopic (exact) mass is 456 g/mol. The van der Waals surface area contributed by atoms with Crippen LogP contribution in [0.2, 0.25) is 0 Å². The van der Waals surface area contributed by atoms with E-state index in [1.165, 1.54) is 23.9 Å². The van der Waals surface area contributed by atoms with Crippen LogP contribution in [0.5, 0.6) is 0 Å². The Morgan fingerprint density at radius 1 is 1.20 bits per heavy atom. The summed E-state index contributed by atoms with van der Waals surface area (Å²) in [6.07, 6.45) is 0.0616. The Bertz CT molecular complexity index is 1020. The Morgan fingerprint density at radius 2 is 1.93 bits per heavy atom. The number of hydrogen-bond donors (Lipinski definition) is 3. The highest BCUT2D eigenvalue weighted by atomic mass is 32.2. The molecule has 2 aromatic carbocycles. The van der Waals surface area contributed by atoms with E-state index >= 15 is 0 Å². The molecule has 0 fully saturated rings. The topological polar surface area (TPSA) is 144 Å². The fraction of sp³-hybridized carbons (Fsp3) is 0.278. The number of amides is 1. The second-order valence-electron chi connectivity index (χ2n) is 6.15. The highest BCUT2D eigenvalue weighted by molar-refractivity contribution is 7.98. The zero-order valence-electron chi connectivity index (χ0n) is 15.8. The number of nitrogens with two attached hydrogens (primary N) is 1. The first kappa shape index (κ1) is 23.6. The first-order chi connectivity index (χ1) is 14.2. The van der Waals surface area contributed by atoms with E-state index in [4.69, 9.17) is 5.14 Å². The molecule has 9 nitrogen and oxygen atoms in total. The second kappa shape index (κ2) is 10.9. The minimum Gasteiger partial charge on any atom is -0.379 e. The van der Waals surface area contributed by atoms with Gasteiger partial charge in [0.15, 0.2) is 0 Å². The number of nitrogens with zero attached hydrogens (tertiary/aromatic N) is 1. The molecule has 162 valence electrons. The molecule has 30 heavy (non-hydrogen) atoms. The van der Waals surface area contributed by atoms with Gasteiger partial charge >= 0.3 is 0 Å². The van der Waals surface area contributed by atoms with E-state index < -0.39 is 20.6 Å². The van der Waals surface area contributed by atoms with Gasteiger partial charge in [0.25, 0.3) is 5.69 Å². The van der Waals surface area contributed by atoms with Gasteiger partial charge in [-0.2, -0.15) is 11.8 Å². The first-order valence-electron chi connectivity index (χ1n) is 8.81. The molecule has 0 saturated heterocycles. The summed E-state index contributed by atoms with van der Waals surface area (Å²) in [5, 5.41) is 21.6. The van der Waals surface area contributed by atoms with Gasteiger partial charge in [-0.1, -0.05) is 18.2 Å². The summed E-state index contributed by atoms with van der Waals surface area (Å²) in [5.41, 5.74) is 0.236. The van der Waals surface area contributed by atoms with E-state index in [1.54, 1.807) is 18.2 Å². The van der Waals surface area contributed by atoms with Crippen molar-refractivity contribution in [1.82, 2.24) is 5.32 Å². The summed E-state index contributed by atoms with van der Waals surface area (Å²) in [5.74, 6) is 0.597. The van der Waals surface area contributed by atoms with Crippen LogP contribution < -0.4 is 15.8 Å². The van der Waals surface area contributed by atoms with E-state index in [-0.39, 0.29) is 35.3 Å².